The van der Waals surface area contributed by atoms with Crippen LogP contribution in [0.3, 0.4) is 0 Å². The number of amides is 1. The van der Waals surface area contributed by atoms with Crippen molar-refractivity contribution in [2.24, 2.45) is 0 Å². The zero-order valence-corrected chi connectivity index (χ0v) is 19.0. The van der Waals surface area contributed by atoms with Crippen molar-refractivity contribution in [1.82, 2.24) is 4.31 Å². The number of aliphatic carboxylic acids is 1. The molecule has 1 heterocycles. The highest BCUT2D eigenvalue weighted by atomic mass is 32.2. The molecule has 1 saturated heterocycles. The fourth-order valence-corrected chi connectivity index (χ4v) is 5.67. The third kappa shape index (κ3) is 6.00. The summed E-state index contributed by atoms with van der Waals surface area (Å²) in [5.41, 5.74) is 0.648. The summed E-state index contributed by atoms with van der Waals surface area (Å²) >= 11 is 0.832. The van der Waals surface area contributed by atoms with Crippen LogP contribution in [-0.4, -0.2) is 63.3 Å². The van der Waals surface area contributed by atoms with E-state index in [1.807, 2.05) is 6.92 Å². The number of hydrogen-bond acceptors (Lipinski definition) is 8. The van der Waals surface area contributed by atoms with Crippen LogP contribution in [-0.2, 0) is 19.6 Å². The molecule has 0 aromatic heterocycles. The van der Waals surface area contributed by atoms with E-state index in [0.717, 1.165) is 11.8 Å². The summed E-state index contributed by atoms with van der Waals surface area (Å²) in [6, 6.07) is 11.0. The van der Waals surface area contributed by atoms with Crippen molar-refractivity contribution in [1.29, 1.82) is 0 Å². The summed E-state index contributed by atoms with van der Waals surface area (Å²) in [5.74, 6) is -1.56. The number of carboxylic acids is 1. The van der Waals surface area contributed by atoms with Gasteiger partial charge in [0.2, 0.25) is 10.0 Å². The van der Waals surface area contributed by atoms with Crippen LogP contribution in [0, 0.1) is 0 Å². The number of nitrogens with one attached hydrogen (secondary N) is 1. The maximum atomic E-state index is 13.2. The molecule has 0 atom stereocenters. The standard InChI is InChI=1S/C21H24N2O7S2/c1-2-30-17-6-4-16(5-7-17)22-21(26)15-3-8-18(31-14-20(24)25)19(13-15)32(27,28)23-9-11-29-12-10-23/h3-8,13H,2,9-12,14H2,1H3,(H,22,26)(H,24,25)/p-1. The lowest BCUT2D eigenvalue weighted by Crippen LogP contribution is -2.40. The Morgan fingerprint density at radius 3 is 2.47 bits per heavy atom. The van der Waals surface area contributed by atoms with Crippen LogP contribution in [0.4, 0.5) is 5.69 Å². The first-order valence-corrected chi connectivity index (χ1v) is 12.3. The van der Waals surface area contributed by atoms with E-state index in [1.54, 1.807) is 24.3 Å². The number of thioether (sulfide) groups is 1. The van der Waals surface area contributed by atoms with E-state index in [2.05, 4.69) is 5.32 Å². The number of benzene rings is 2. The lowest BCUT2D eigenvalue weighted by atomic mass is 10.2. The van der Waals surface area contributed by atoms with E-state index in [4.69, 9.17) is 9.47 Å². The van der Waals surface area contributed by atoms with E-state index >= 15 is 0 Å². The van der Waals surface area contributed by atoms with Gasteiger partial charge in [-0.1, -0.05) is 0 Å². The van der Waals surface area contributed by atoms with Crippen molar-refractivity contribution in [2.45, 2.75) is 16.7 Å². The Bertz CT molecular complexity index is 1070. The molecule has 2 aromatic carbocycles. The zero-order chi connectivity index (χ0) is 23.1. The van der Waals surface area contributed by atoms with Crippen LogP contribution in [0.2, 0.25) is 0 Å². The zero-order valence-electron chi connectivity index (χ0n) is 17.4. The topological polar surface area (TPSA) is 125 Å². The maximum absolute atomic E-state index is 13.2. The average Bonchev–Trinajstić information content (AvgIpc) is 2.79. The first-order valence-electron chi connectivity index (χ1n) is 9.90. The Balaban J connectivity index is 1.88. The highest BCUT2D eigenvalue weighted by molar-refractivity contribution is 8.00. The molecular formula is C21H23N2O7S2-. The van der Waals surface area contributed by atoms with Crippen molar-refractivity contribution in [3.63, 3.8) is 0 Å². The molecule has 0 aliphatic carbocycles. The number of rotatable bonds is 9. The van der Waals surface area contributed by atoms with Gasteiger partial charge in [-0.15, -0.1) is 11.8 Å². The van der Waals surface area contributed by atoms with Gasteiger partial charge in [-0.3, -0.25) is 4.79 Å². The lowest BCUT2D eigenvalue weighted by molar-refractivity contribution is -0.301. The van der Waals surface area contributed by atoms with Gasteiger partial charge >= 0.3 is 0 Å². The lowest BCUT2D eigenvalue weighted by Gasteiger charge is -2.27. The normalized spacial score (nSPS) is 14.7. The minimum absolute atomic E-state index is 0.120. The summed E-state index contributed by atoms with van der Waals surface area (Å²) in [7, 11) is -3.96. The molecule has 1 aliphatic rings. The molecule has 2 aromatic rings. The molecule has 32 heavy (non-hydrogen) atoms. The van der Waals surface area contributed by atoms with Gasteiger partial charge in [0.15, 0.2) is 0 Å². The minimum Gasteiger partial charge on any atom is -0.549 e. The monoisotopic (exact) mass is 479 g/mol. The molecule has 11 heteroatoms. The third-order valence-corrected chi connectivity index (χ3v) is 7.68. The van der Waals surface area contributed by atoms with Crippen LogP contribution in [0.5, 0.6) is 5.75 Å². The highest BCUT2D eigenvalue weighted by Gasteiger charge is 2.29. The van der Waals surface area contributed by atoms with Crippen LogP contribution in [0.15, 0.2) is 52.3 Å². The van der Waals surface area contributed by atoms with Gasteiger partial charge in [0.05, 0.1) is 30.7 Å². The van der Waals surface area contributed by atoms with Gasteiger partial charge in [-0.25, -0.2) is 8.42 Å². The number of sulfonamides is 1. The second-order valence-corrected chi connectivity index (χ2v) is 9.67. The molecule has 1 N–H and O–H groups in total. The molecule has 0 bridgehead atoms. The van der Waals surface area contributed by atoms with E-state index in [0.29, 0.717) is 18.0 Å². The van der Waals surface area contributed by atoms with Crippen LogP contribution < -0.4 is 15.2 Å². The van der Waals surface area contributed by atoms with Crippen molar-refractivity contribution in [3.8, 4) is 5.75 Å². The number of morpholine rings is 1. The second kappa shape index (κ2) is 10.8. The molecular weight excluding hydrogens is 456 g/mol. The second-order valence-electron chi connectivity index (χ2n) is 6.75. The summed E-state index contributed by atoms with van der Waals surface area (Å²) in [4.78, 5) is 23.8. The fourth-order valence-electron chi connectivity index (χ4n) is 3.04. The van der Waals surface area contributed by atoms with Gasteiger partial charge in [0, 0.05) is 35.0 Å². The largest absolute Gasteiger partial charge is 0.549 e. The molecule has 1 amide bonds. The predicted octanol–water partition coefficient (Wildman–Crippen LogP) is 1.20. The number of carbonyl (C=O) groups excluding carboxylic acids is 2. The predicted molar refractivity (Wildman–Crippen MR) is 117 cm³/mol. The SMILES string of the molecule is CCOc1ccc(NC(=O)c2ccc(SCC(=O)[O-])c(S(=O)(=O)N3CCOCC3)c2)cc1. The van der Waals surface area contributed by atoms with Gasteiger partial charge in [0.1, 0.15) is 5.75 Å². The van der Waals surface area contributed by atoms with E-state index in [9.17, 15) is 23.1 Å². The minimum atomic E-state index is -3.96. The molecule has 0 saturated carbocycles. The third-order valence-electron chi connectivity index (χ3n) is 4.56. The molecule has 3 rings (SSSR count). The molecule has 0 unspecified atom stereocenters. The summed E-state index contributed by atoms with van der Waals surface area (Å²) in [6.45, 7) is 3.27. The summed E-state index contributed by atoms with van der Waals surface area (Å²) in [5, 5.41) is 13.6. The fraction of sp³-hybridized carbons (Fsp3) is 0.333. The number of hydrogen-bond donors (Lipinski definition) is 1. The van der Waals surface area contributed by atoms with Crippen molar-refractivity contribution in [2.75, 3.05) is 44.0 Å². The number of carbonyl (C=O) groups is 2. The Morgan fingerprint density at radius 1 is 1.16 bits per heavy atom. The number of ether oxygens (including phenoxy) is 2. The van der Waals surface area contributed by atoms with Crippen molar-refractivity contribution < 1.29 is 32.6 Å². The Kier molecular flexibility index (Phi) is 8.13. The molecule has 172 valence electrons. The quantitative estimate of drug-likeness (QED) is 0.532. The first-order chi connectivity index (χ1) is 15.3. The van der Waals surface area contributed by atoms with Gasteiger partial charge < -0.3 is 24.7 Å². The Morgan fingerprint density at radius 2 is 1.84 bits per heavy atom. The van der Waals surface area contributed by atoms with E-state index < -0.39 is 27.7 Å². The number of anilines is 1. The van der Waals surface area contributed by atoms with E-state index in [1.165, 1.54) is 22.5 Å². The molecule has 1 aliphatic heterocycles. The van der Waals surface area contributed by atoms with Gasteiger partial charge in [-0.05, 0) is 49.4 Å². The summed E-state index contributed by atoms with van der Waals surface area (Å²) < 4.78 is 38.3. The highest BCUT2D eigenvalue weighted by Crippen LogP contribution is 2.30. The average molecular weight is 480 g/mol. The van der Waals surface area contributed by atoms with Crippen LogP contribution >= 0.6 is 11.8 Å². The number of nitrogens with zero attached hydrogens (tertiary/aromatic N) is 1. The number of carboxylic acid groups (broad SMARTS) is 1. The maximum Gasteiger partial charge on any atom is 0.255 e. The first kappa shape index (κ1) is 24.1. The molecule has 9 nitrogen and oxygen atoms in total. The van der Waals surface area contributed by atoms with Crippen LogP contribution in [0.1, 0.15) is 17.3 Å². The van der Waals surface area contributed by atoms with E-state index in [-0.39, 0.29) is 41.7 Å². The van der Waals surface area contributed by atoms with Crippen molar-refractivity contribution in [3.05, 3.63) is 48.0 Å². The molecule has 0 radical (unpaired) electrons. The van der Waals surface area contributed by atoms with Gasteiger partial charge in [0.25, 0.3) is 5.91 Å². The molecule has 0 spiro atoms. The Hall–Kier alpha value is -2.60. The Labute approximate surface area is 190 Å². The van der Waals surface area contributed by atoms with Crippen LogP contribution in [0.25, 0.3) is 0 Å². The van der Waals surface area contributed by atoms with Gasteiger partial charge in [-0.2, -0.15) is 4.31 Å². The summed E-state index contributed by atoms with van der Waals surface area (Å²) in [6.07, 6.45) is 0. The smallest absolute Gasteiger partial charge is 0.255 e. The van der Waals surface area contributed by atoms with Crippen molar-refractivity contribution >= 4 is 39.3 Å². The molecule has 1 fully saturated rings.